The summed E-state index contributed by atoms with van der Waals surface area (Å²) in [6.45, 7) is 0. The molecule has 18 heavy (non-hydrogen) atoms. The maximum Gasteiger partial charge on any atom is 0.126 e. The first-order chi connectivity index (χ1) is 8.68. The Balaban J connectivity index is 2.09. The summed E-state index contributed by atoms with van der Waals surface area (Å²) in [7, 11) is 0. The number of benzene rings is 2. The lowest BCUT2D eigenvalue weighted by atomic mass is 9.98. The first-order valence-corrected chi connectivity index (χ1v) is 5.83. The molecular formula is C15H15FO2. The maximum absolute atomic E-state index is 13.4. The Labute approximate surface area is 105 Å². The van der Waals surface area contributed by atoms with Crippen molar-refractivity contribution in [3.8, 4) is 0 Å². The summed E-state index contributed by atoms with van der Waals surface area (Å²) >= 11 is 0. The molecule has 0 aliphatic carbocycles. The fourth-order valence-electron chi connectivity index (χ4n) is 1.87. The summed E-state index contributed by atoms with van der Waals surface area (Å²) in [5.41, 5.74) is 1.03. The van der Waals surface area contributed by atoms with Gasteiger partial charge in [-0.2, -0.15) is 0 Å². The highest BCUT2D eigenvalue weighted by Crippen LogP contribution is 2.20. The van der Waals surface area contributed by atoms with Crippen LogP contribution in [-0.4, -0.2) is 16.3 Å². The van der Waals surface area contributed by atoms with Crippen LogP contribution in [0.3, 0.4) is 0 Å². The fraction of sp³-hybridized carbons (Fsp3) is 0.200. The van der Waals surface area contributed by atoms with Gasteiger partial charge >= 0.3 is 0 Å². The Hall–Kier alpha value is -1.71. The van der Waals surface area contributed by atoms with E-state index in [1.54, 1.807) is 42.5 Å². The van der Waals surface area contributed by atoms with Gasteiger partial charge in [0.1, 0.15) is 11.9 Å². The number of halogens is 1. The zero-order valence-corrected chi connectivity index (χ0v) is 9.83. The minimum absolute atomic E-state index is 0.0860. The molecule has 0 amide bonds. The van der Waals surface area contributed by atoms with Crippen molar-refractivity contribution in [2.75, 3.05) is 0 Å². The first-order valence-electron chi connectivity index (χ1n) is 5.83. The SMILES string of the molecule is OC(Cc1ccccc1F)C(O)c1ccccc1. The van der Waals surface area contributed by atoms with Gasteiger partial charge in [-0.05, 0) is 17.2 Å². The standard InChI is InChI=1S/C15H15FO2/c16-13-9-5-4-8-12(13)10-14(17)15(18)11-6-2-1-3-7-11/h1-9,14-15,17-18H,10H2. The predicted molar refractivity (Wildman–Crippen MR) is 67.5 cm³/mol. The summed E-state index contributed by atoms with van der Waals surface area (Å²) in [4.78, 5) is 0. The molecule has 2 unspecified atom stereocenters. The Morgan fingerprint density at radius 3 is 2.17 bits per heavy atom. The van der Waals surface area contributed by atoms with Crippen molar-refractivity contribution in [1.82, 2.24) is 0 Å². The molecule has 0 aliphatic heterocycles. The molecule has 2 aromatic carbocycles. The van der Waals surface area contributed by atoms with Crippen LogP contribution >= 0.6 is 0 Å². The number of hydrogen-bond donors (Lipinski definition) is 2. The molecule has 2 nitrogen and oxygen atoms in total. The average molecular weight is 246 g/mol. The number of hydrogen-bond acceptors (Lipinski definition) is 2. The molecule has 0 bridgehead atoms. The van der Waals surface area contributed by atoms with E-state index in [1.807, 2.05) is 6.07 Å². The van der Waals surface area contributed by atoms with E-state index >= 15 is 0 Å². The predicted octanol–water partition coefficient (Wildman–Crippen LogP) is 2.46. The van der Waals surface area contributed by atoms with Gasteiger partial charge in [-0.1, -0.05) is 48.5 Å². The van der Waals surface area contributed by atoms with Gasteiger partial charge in [-0.3, -0.25) is 0 Å². The number of aliphatic hydroxyl groups is 2. The first kappa shape index (κ1) is 12.7. The molecule has 0 spiro atoms. The van der Waals surface area contributed by atoms with Gasteiger partial charge in [-0.25, -0.2) is 4.39 Å². The van der Waals surface area contributed by atoms with Gasteiger partial charge in [0.05, 0.1) is 6.10 Å². The van der Waals surface area contributed by atoms with Gasteiger partial charge in [0.15, 0.2) is 0 Å². The van der Waals surface area contributed by atoms with E-state index in [4.69, 9.17) is 0 Å². The van der Waals surface area contributed by atoms with Gasteiger partial charge in [-0.15, -0.1) is 0 Å². The van der Waals surface area contributed by atoms with Crippen LogP contribution in [0.15, 0.2) is 54.6 Å². The highest BCUT2D eigenvalue weighted by molar-refractivity contribution is 5.22. The molecule has 94 valence electrons. The van der Waals surface area contributed by atoms with E-state index < -0.39 is 12.2 Å². The summed E-state index contributed by atoms with van der Waals surface area (Å²) in [6, 6.07) is 15.1. The van der Waals surface area contributed by atoms with Crippen molar-refractivity contribution >= 4 is 0 Å². The topological polar surface area (TPSA) is 40.5 Å². The Kier molecular flexibility index (Phi) is 4.07. The van der Waals surface area contributed by atoms with Crippen LogP contribution in [0, 0.1) is 5.82 Å². The molecule has 2 aromatic rings. The third-order valence-electron chi connectivity index (χ3n) is 2.89. The van der Waals surface area contributed by atoms with Crippen LogP contribution in [0.2, 0.25) is 0 Å². The van der Waals surface area contributed by atoms with Gasteiger partial charge in [0.25, 0.3) is 0 Å². The van der Waals surface area contributed by atoms with Crippen molar-refractivity contribution in [3.63, 3.8) is 0 Å². The van der Waals surface area contributed by atoms with Crippen molar-refractivity contribution in [2.45, 2.75) is 18.6 Å². The summed E-state index contributed by atoms with van der Waals surface area (Å²) in [5.74, 6) is -0.364. The van der Waals surface area contributed by atoms with E-state index in [0.29, 0.717) is 11.1 Å². The number of aliphatic hydroxyl groups excluding tert-OH is 2. The van der Waals surface area contributed by atoms with Crippen LogP contribution in [0.25, 0.3) is 0 Å². The average Bonchev–Trinajstić information content (AvgIpc) is 2.41. The molecule has 3 heteroatoms. The van der Waals surface area contributed by atoms with Crippen LogP contribution in [0.4, 0.5) is 4.39 Å². The Morgan fingerprint density at radius 2 is 1.50 bits per heavy atom. The van der Waals surface area contributed by atoms with E-state index in [0.717, 1.165) is 0 Å². The minimum Gasteiger partial charge on any atom is -0.390 e. The molecule has 0 aliphatic rings. The van der Waals surface area contributed by atoms with Crippen LogP contribution in [0.1, 0.15) is 17.2 Å². The van der Waals surface area contributed by atoms with E-state index in [2.05, 4.69) is 0 Å². The Morgan fingerprint density at radius 1 is 0.889 bits per heavy atom. The molecule has 0 aromatic heterocycles. The summed E-state index contributed by atoms with van der Waals surface area (Å²) < 4.78 is 13.4. The fourth-order valence-corrected chi connectivity index (χ4v) is 1.87. The molecular weight excluding hydrogens is 231 g/mol. The molecule has 0 heterocycles. The quantitative estimate of drug-likeness (QED) is 0.870. The van der Waals surface area contributed by atoms with Crippen molar-refractivity contribution in [1.29, 1.82) is 0 Å². The molecule has 0 saturated carbocycles. The minimum atomic E-state index is -1.02. The molecule has 0 radical (unpaired) electrons. The second-order valence-corrected chi connectivity index (χ2v) is 4.22. The lowest BCUT2D eigenvalue weighted by Gasteiger charge is -2.18. The van der Waals surface area contributed by atoms with Crippen molar-refractivity contribution in [2.24, 2.45) is 0 Å². The maximum atomic E-state index is 13.4. The van der Waals surface area contributed by atoms with Crippen LogP contribution < -0.4 is 0 Å². The smallest absolute Gasteiger partial charge is 0.126 e. The molecule has 0 fully saturated rings. The third-order valence-corrected chi connectivity index (χ3v) is 2.89. The highest BCUT2D eigenvalue weighted by Gasteiger charge is 2.19. The van der Waals surface area contributed by atoms with Gasteiger partial charge in [0, 0.05) is 6.42 Å². The van der Waals surface area contributed by atoms with E-state index in [1.165, 1.54) is 6.07 Å². The largest absolute Gasteiger partial charge is 0.390 e. The summed E-state index contributed by atoms with van der Waals surface area (Å²) in [6.07, 6.45) is -1.95. The van der Waals surface area contributed by atoms with E-state index in [9.17, 15) is 14.6 Å². The summed E-state index contributed by atoms with van der Waals surface area (Å²) in [5, 5.41) is 19.9. The van der Waals surface area contributed by atoms with Crippen molar-refractivity contribution < 1.29 is 14.6 Å². The molecule has 2 atom stereocenters. The van der Waals surface area contributed by atoms with Crippen LogP contribution in [-0.2, 0) is 6.42 Å². The lowest BCUT2D eigenvalue weighted by Crippen LogP contribution is -2.21. The van der Waals surface area contributed by atoms with Gasteiger partial charge in [0.2, 0.25) is 0 Å². The zero-order valence-electron chi connectivity index (χ0n) is 9.83. The monoisotopic (exact) mass is 246 g/mol. The second-order valence-electron chi connectivity index (χ2n) is 4.22. The van der Waals surface area contributed by atoms with E-state index in [-0.39, 0.29) is 12.2 Å². The lowest BCUT2D eigenvalue weighted by molar-refractivity contribution is 0.0185. The van der Waals surface area contributed by atoms with Crippen LogP contribution in [0.5, 0.6) is 0 Å². The number of rotatable bonds is 4. The molecule has 2 N–H and O–H groups in total. The molecule has 2 rings (SSSR count). The second kappa shape index (κ2) is 5.76. The third kappa shape index (κ3) is 2.94. The zero-order chi connectivity index (χ0) is 13.0. The van der Waals surface area contributed by atoms with Crippen molar-refractivity contribution in [3.05, 3.63) is 71.5 Å². The Bertz CT molecular complexity index is 499. The highest BCUT2D eigenvalue weighted by atomic mass is 19.1. The van der Waals surface area contributed by atoms with Gasteiger partial charge < -0.3 is 10.2 Å². The molecule has 0 saturated heterocycles. The normalized spacial score (nSPS) is 14.2.